The fourth-order valence-electron chi connectivity index (χ4n) is 2.37. The first kappa shape index (κ1) is 12.6. The van der Waals surface area contributed by atoms with Crippen LogP contribution >= 0.6 is 0 Å². The Hall–Kier alpha value is -0.870. The first-order chi connectivity index (χ1) is 8.13. The van der Waals surface area contributed by atoms with Gasteiger partial charge in [0.15, 0.2) is 0 Å². The Kier molecular flexibility index (Phi) is 3.84. The van der Waals surface area contributed by atoms with E-state index in [9.17, 15) is 0 Å². The van der Waals surface area contributed by atoms with Crippen LogP contribution in [0.1, 0.15) is 50.5 Å². The van der Waals surface area contributed by atoms with Gasteiger partial charge in [0.1, 0.15) is 5.82 Å². The topological polar surface area (TPSA) is 63.9 Å². The lowest BCUT2D eigenvalue weighted by molar-refractivity contribution is 0.0845. The molecule has 2 heterocycles. The molecular formula is C13H23N3O. The van der Waals surface area contributed by atoms with Gasteiger partial charge < -0.3 is 15.5 Å². The normalized spacial score (nSPS) is 18.5. The molecule has 1 fully saturated rings. The van der Waals surface area contributed by atoms with Gasteiger partial charge in [0.25, 0.3) is 0 Å². The average Bonchev–Trinajstić information content (AvgIpc) is 2.80. The molecule has 1 saturated heterocycles. The highest BCUT2D eigenvalue weighted by Crippen LogP contribution is 2.29. The zero-order valence-corrected chi connectivity index (χ0v) is 10.8. The first-order valence-electron chi connectivity index (χ1n) is 6.46. The van der Waals surface area contributed by atoms with E-state index >= 15 is 0 Å². The predicted molar refractivity (Wildman–Crippen MR) is 68.1 cm³/mol. The summed E-state index contributed by atoms with van der Waals surface area (Å²) in [7, 11) is 0. The lowest BCUT2D eigenvalue weighted by Gasteiger charge is -2.22. The highest BCUT2D eigenvalue weighted by molar-refractivity contribution is 5.13. The Balaban J connectivity index is 2.09. The van der Waals surface area contributed by atoms with Crippen molar-refractivity contribution in [3.63, 3.8) is 0 Å². The molecule has 2 rings (SSSR count). The van der Waals surface area contributed by atoms with Crippen molar-refractivity contribution in [3.8, 4) is 0 Å². The highest BCUT2D eigenvalue weighted by Gasteiger charge is 2.25. The molecule has 1 aliphatic heterocycles. The molecule has 0 spiro atoms. The summed E-state index contributed by atoms with van der Waals surface area (Å²) < 4.78 is 5.38. The molecule has 0 aliphatic carbocycles. The van der Waals surface area contributed by atoms with Gasteiger partial charge in [0.2, 0.25) is 0 Å². The number of ether oxygens (including phenoxy) is 1. The molecule has 0 bridgehead atoms. The van der Waals surface area contributed by atoms with Gasteiger partial charge >= 0.3 is 0 Å². The van der Waals surface area contributed by atoms with Crippen LogP contribution in [0, 0.1) is 0 Å². The molecule has 96 valence electrons. The molecular weight excluding hydrogens is 214 g/mol. The van der Waals surface area contributed by atoms with Crippen LogP contribution in [0.4, 0.5) is 0 Å². The van der Waals surface area contributed by atoms with Gasteiger partial charge in [0.05, 0.1) is 0 Å². The third-order valence-electron chi connectivity index (χ3n) is 3.67. The van der Waals surface area contributed by atoms with Crippen molar-refractivity contribution in [2.45, 2.75) is 44.4 Å². The second kappa shape index (κ2) is 5.19. The Bertz CT molecular complexity index is 353. The number of aromatic nitrogens is 2. The Labute approximate surface area is 103 Å². The lowest BCUT2D eigenvalue weighted by atomic mass is 9.88. The van der Waals surface area contributed by atoms with Gasteiger partial charge in [-0.2, -0.15) is 0 Å². The van der Waals surface area contributed by atoms with Gasteiger partial charge in [-0.3, -0.25) is 0 Å². The predicted octanol–water partition coefficient (Wildman–Crippen LogP) is 1.93. The summed E-state index contributed by atoms with van der Waals surface area (Å²) in [5.41, 5.74) is 6.94. The van der Waals surface area contributed by atoms with Gasteiger partial charge in [-0.25, -0.2) is 4.98 Å². The summed E-state index contributed by atoms with van der Waals surface area (Å²) >= 11 is 0. The quantitative estimate of drug-likeness (QED) is 0.841. The molecule has 17 heavy (non-hydrogen) atoms. The van der Waals surface area contributed by atoms with E-state index in [1.54, 1.807) is 0 Å². The SMILES string of the molecule is CC(C)(CCN)c1ncc(C2CCOCC2)[nH]1. The summed E-state index contributed by atoms with van der Waals surface area (Å²) in [4.78, 5) is 8.02. The zero-order valence-electron chi connectivity index (χ0n) is 10.8. The van der Waals surface area contributed by atoms with Crippen LogP contribution < -0.4 is 5.73 Å². The van der Waals surface area contributed by atoms with E-state index in [2.05, 4.69) is 23.8 Å². The second-order valence-corrected chi connectivity index (χ2v) is 5.50. The third kappa shape index (κ3) is 2.87. The molecule has 3 N–H and O–H groups in total. The number of hydrogen-bond donors (Lipinski definition) is 2. The molecule has 0 saturated carbocycles. The highest BCUT2D eigenvalue weighted by atomic mass is 16.5. The van der Waals surface area contributed by atoms with E-state index in [4.69, 9.17) is 10.5 Å². The zero-order chi connectivity index (χ0) is 12.3. The van der Waals surface area contributed by atoms with Crippen LogP contribution in [0.2, 0.25) is 0 Å². The van der Waals surface area contributed by atoms with Crippen LogP contribution in [0.15, 0.2) is 6.20 Å². The van der Waals surface area contributed by atoms with Crippen molar-refractivity contribution < 1.29 is 4.74 Å². The fraction of sp³-hybridized carbons (Fsp3) is 0.769. The second-order valence-electron chi connectivity index (χ2n) is 5.50. The average molecular weight is 237 g/mol. The van der Waals surface area contributed by atoms with E-state index in [0.717, 1.165) is 38.3 Å². The summed E-state index contributed by atoms with van der Waals surface area (Å²) in [5.74, 6) is 1.64. The Morgan fingerprint density at radius 1 is 1.47 bits per heavy atom. The number of nitrogens with two attached hydrogens (primary N) is 1. The van der Waals surface area contributed by atoms with Gasteiger partial charge in [-0.1, -0.05) is 13.8 Å². The van der Waals surface area contributed by atoms with Crippen LogP contribution in [-0.4, -0.2) is 29.7 Å². The van der Waals surface area contributed by atoms with Crippen molar-refractivity contribution in [3.05, 3.63) is 17.7 Å². The molecule has 0 unspecified atom stereocenters. The van der Waals surface area contributed by atoms with Crippen molar-refractivity contribution >= 4 is 0 Å². The summed E-state index contributed by atoms with van der Waals surface area (Å²) in [6.07, 6.45) is 5.13. The van der Waals surface area contributed by atoms with E-state index in [-0.39, 0.29) is 5.41 Å². The number of rotatable bonds is 4. The molecule has 0 aromatic carbocycles. The molecule has 4 heteroatoms. The number of H-pyrrole nitrogens is 1. The van der Waals surface area contributed by atoms with Crippen LogP contribution in [-0.2, 0) is 10.2 Å². The molecule has 1 aromatic heterocycles. The van der Waals surface area contributed by atoms with Crippen LogP contribution in [0.3, 0.4) is 0 Å². The van der Waals surface area contributed by atoms with Gasteiger partial charge in [0, 0.05) is 36.4 Å². The standard InChI is InChI=1S/C13H23N3O/c1-13(2,5-6-14)12-15-9-11(16-12)10-3-7-17-8-4-10/h9-10H,3-8,14H2,1-2H3,(H,15,16). The maximum atomic E-state index is 5.64. The molecule has 4 nitrogen and oxygen atoms in total. The van der Waals surface area contributed by atoms with Crippen molar-refractivity contribution in [2.24, 2.45) is 5.73 Å². The Morgan fingerprint density at radius 3 is 2.82 bits per heavy atom. The lowest BCUT2D eigenvalue weighted by Crippen LogP contribution is -2.23. The molecule has 0 atom stereocenters. The molecule has 0 radical (unpaired) electrons. The molecule has 1 aromatic rings. The number of nitrogens with zero attached hydrogens (tertiary/aromatic N) is 1. The molecule has 1 aliphatic rings. The van der Waals surface area contributed by atoms with Crippen molar-refractivity contribution in [2.75, 3.05) is 19.8 Å². The number of nitrogens with one attached hydrogen (secondary N) is 1. The minimum absolute atomic E-state index is 0.0398. The fourth-order valence-corrected chi connectivity index (χ4v) is 2.37. The summed E-state index contributed by atoms with van der Waals surface area (Å²) in [5, 5.41) is 0. The summed E-state index contributed by atoms with van der Waals surface area (Å²) in [6, 6.07) is 0. The number of imidazole rings is 1. The van der Waals surface area contributed by atoms with E-state index < -0.39 is 0 Å². The Morgan fingerprint density at radius 2 is 2.18 bits per heavy atom. The first-order valence-corrected chi connectivity index (χ1v) is 6.46. The van der Waals surface area contributed by atoms with E-state index in [1.807, 2.05) is 6.20 Å². The van der Waals surface area contributed by atoms with Crippen molar-refractivity contribution in [1.82, 2.24) is 9.97 Å². The van der Waals surface area contributed by atoms with Crippen LogP contribution in [0.5, 0.6) is 0 Å². The molecule has 0 amide bonds. The number of hydrogen-bond acceptors (Lipinski definition) is 3. The minimum atomic E-state index is 0.0398. The van der Waals surface area contributed by atoms with E-state index in [0.29, 0.717) is 12.5 Å². The van der Waals surface area contributed by atoms with E-state index in [1.165, 1.54) is 5.69 Å². The van der Waals surface area contributed by atoms with Gasteiger partial charge in [-0.05, 0) is 25.8 Å². The smallest absolute Gasteiger partial charge is 0.111 e. The monoisotopic (exact) mass is 237 g/mol. The van der Waals surface area contributed by atoms with Gasteiger partial charge in [-0.15, -0.1) is 0 Å². The van der Waals surface area contributed by atoms with Crippen LogP contribution in [0.25, 0.3) is 0 Å². The largest absolute Gasteiger partial charge is 0.381 e. The third-order valence-corrected chi connectivity index (χ3v) is 3.67. The minimum Gasteiger partial charge on any atom is -0.381 e. The maximum Gasteiger partial charge on any atom is 0.111 e. The summed E-state index contributed by atoms with van der Waals surface area (Å²) in [6.45, 7) is 6.80. The number of aromatic amines is 1. The maximum absolute atomic E-state index is 5.64. The van der Waals surface area contributed by atoms with Crippen molar-refractivity contribution in [1.29, 1.82) is 0 Å².